The van der Waals surface area contributed by atoms with Gasteiger partial charge >= 0.3 is 0 Å². The summed E-state index contributed by atoms with van der Waals surface area (Å²) in [5.41, 5.74) is 10.0. The third-order valence-electron chi connectivity index (χ3n) is 2.59. The molecule has 1 atom stereocenters. The molecule has 0 aliphatic rings. The lowest BCUT2D eigenvalue weighted by molar-refractivity contribution is 0.704. The van der Waals surface area contributed by atoms with Gasteiger partial charge in [-0.1, -0.05) is 18.2 Å². The summed E-state index contributed by atoms with van der Waals surface area (Å²) >= 11 is 1.85. The van der Waals surface area contributed by atoms with Crippen LogP contribution in [0.15, 0.2) is 18.2 Å². The summed E-state index contributed by atoms with van der Waals surface area (Å²) in [5.74, 6) is 1.13. The third-order valence-corrected chi connectivity index (χ3v) is 3.24. The van der Waals surface area contributed by atoms with Gasteiger partial charge in [-0.05, 0) is 49.0 Å². The molecule has 0 fully saturated rings. The predicted molar refractivity (Wildman–Crippen MR) is 65.8 cm³/mol. The van der Waals surface area contributed by atoms with Gasteiger partial charge in [-0.3, -0.25) is 0 Å². The molecule has 0 radical (unpaired) electrons. The zero-order chi connectivity index (χ0) is 10.6. The molecule has 1 aromatic carbocycles. The fourth-order valence-corrected chi connectivity index (χ4v) is 1.90. The van der Waals surface area contributed by atoms with Gasteiger partial charge in [0.2, 0.25) is 0 Å². The van der Waals surface area contributed by atoms with Gasteiger partial charge < -0.3 is 5.73 Å². The Morgan fingerprint density at radius 2 is 2.00 bits per heavy atom. The van der Waals surface area contributed by atoms with E-state index in [9.17, 15) is 0 Å². The van der Waals surface area contributed by atoms with Crippen LogP contribution in [0.3, 0.4) is 0 Å². The molecular formula is C12H19NS. The first-order valence-electron chi connectivity index (χ1n) is 4.97. The second-order valence-corrected chi connectivity index (χ2v) is 4.72. The zero-order valence-electron chi connectivity index (χ0n) is 9.21. The van der Waals surface area contributed by atoms with Crippen molar-refractivity contribution in [2.75, 3.05) is 12.0 Å². The van der Waals surface area contributed by atoms with E-state index in [0.717, 1.165) is 12.2 Å². The first-order valence-corrected chi connectivity index (χ1v) is 6.36. The molecule has 0 heterocycles. The van der Waals surface area contributed by atoms with Crippen molar-refractivity contribution >= 4 is 11.8 Å². The molecular weight excluding hydrogens is 190 g/mol. The minimum absolute atomic E-state index is 0.196. The first kappa shape index (κ1) is 11.6. The van der Waals surface area contributed by atoms with Crippen molar-refractivity contribution in [3.05, 3.63) is 34.9 Å². The molecule has 0 aromatic heterocycles. The Labute approximate surface area is 91.1 Å². The molecule has 78 valence electrons. The number of hydrogen-bond donors (Lipinski definition) is 1. The molecule has 0 saturated carbocycles. The molecule has 0 saturated heterocycles. The quantitative estimate of drug-likeness (QED) is 0.825. The Hall–Kier alpha value is -0.470. The van der Waals surface area contributed by atoms with Crippen molar-refractivity contribution in [2.45, 2.75) is 26.3 Å². The molecule has 0 spiro atoms. The van der Waals surface area contributed by atoms with Gasteiger partial charge in [-0.2, -0.15) is 11.8 Å². The van der Waals surface area contributed by atoms with Crippen LogP contribution in [0.4, 0.5) is 0 Å². The maximum atomic E-state index is 6.09. The van der Waals surface area contributed by atoms with E-state index < -0.39 is 0 Å². The van der Waals surface area contributed by atoms with Gasteiger partial charge in [0, 0.05) is 6.04 Å². The Bertz CT molecular complexity index is 296. The molecule has 0 amide bonds. The topological polar surface area (TPSA) is 26.0 Å². The molecule has 1 rings (SSSR count). The summed E-state index contributed by atoms with van der Waals surface area (Å²) in [6, 6.07) is 6.71. The van der Waals surface area contributed by atoms with Crippen LogP contribution in [-0.2, 0) is 0 Å². The van der Waals surface area contributed by atoms with Crippen LogP contribution in [0.2, 0.25) is 0 Å². The molecule has 0 aliphatic carbocycles. The lowest BCUT2D eigenvalue weighted by Crippen LogP contribution is -2.11. The van der Waals surface area contributed by atoms with E-state index in [1.165, 1.54) is 16.7 Å². The van der Waals surface area contributed by atoms with E-state index in [2.05, 4.69) is 38.3 Å². The van der Waals surface area contributed by atoms with Crippen molar-refractivity contribution in [2.24, 2.45) is 5.73 Å². The van der Waals surface area contributed by atoms with Crippen LogP contribution in [0.1, 0.15) is 29.2 Å². The fraction of sp³-hybridized carbons (Fsp3) is 0.500. The van der Waals surface area contributed by atoms with E-state index in [1.54, 1.807) is 0 Å². The summed E-state index contributed by atoms with van der Waals surface area (Å²) in [6.45, 7) is 4.27. The van der Waals surface area contributed by atoms with Crippen LogP contribution in [0, 0.1) is 13.8 Å². The van der Waals surface area contributed by atoms with Crippen molar-refractivity contribution in [1.82, 2.24) is 0 Å². The smallest absolute Gasteiger partial charge is 0.0302 e. The van der Waals surface area contributed by atoms with E-state index in [-0.39, 0.29) is 6.04 Å². The molecule has 1 unspecified atom stereocenters. The van der Waals surface area contributed by atoms with Crippen LogP contribution >= 0.6 is 11.8 Å². The second-order valence-electron chi connectivity index (χ2n) is 3.73. The van der Waals surface area contributed by atoms with E-state index in [1.807, 2.05) is 11.8 Å². The van der Waals surface area contributed by atoms with Crippen molar-refractivity contribution < 1.29 is 0 Å². The SMILES string of the molecule is CSCCC(N)c1ccc(C)c(C)c1. The van der Waals surface area contributed by atoms with Crippen molar-refractivity contribution in [3.63, 3.8) is 0 Å². The Balaban J connectivity index is 2.70. The Kier molecular flexibility index (Phi) is 4.49. The molecule has 1 nitrogen and oxygen atoms in total. The molecule has 0 aliphatic heterocycles. The summed E-state index contributed by atoms with van der Waals surface area (Å²) in [4.78, 5) is 0. The van der Waals surface area contributed by atoms with Gasteiger partial charge in [0.05, 0.1) is 0 Å². The predicted octanol–water partition coefficient (Wildman–Crippen LogP) is 3.06. The number of rotatable bonds is 4. The van der Waals surface area contributed by atoms with E-state index in [4.69, 9.17) is 5.73 Å². The molecule has 2 heteroatoms. The summed E-state index contributed by atoms with van der Waals surface area (Å²) < 4.78 is 0. The standard InChI is InChI=1S/C12H19NS/c1-9-4-5-11(8-10(9)2)12(13)6-7-14-3/h4-5,8,12H,6-7,13H2,1-3H3. The number of benzene rings is 1. The normalized spacial score (nSPS) is 12.9. The van der Waals surface area contributed by atoms with Crippen molar-refractivity contribution in [1.29, 1.82) is 0 Å². The Morgan fingerprint density at radius 1 is 1.29 bits per heavy atom. The summed E-state index contributed by atoms with van der Waals surface area (Å²) in [5, 5.41) is 0. The minimum atomic E-state index is 0.196. The van der Waals surface area contributed by atoms with E-state index >= 15 is 0 Å². The maximum Gasteiger partial charge on any atom is 0.0302 e. The number of nitrogens with two attached hydrogens (primary N) is 1. The molecule has 2 N–H and O–H groups in total. The summed E-state index contributed by atoms with van der Waals surface area (Å²) in [7, 11) is 0. The maximum absolute atomic E-state index is 6.09. The van der Waals surface area contributed by atoms with Crippen LogP contribution in [-0.4, -0.2) is 12.0 Å². The molecule has 1 aromatic rings. The summed E-state index contributed by atoms with van der Waals surface area (Å²) in [6.07, 6.45) is 3.18. The highest BCUT2D eigenvalue weighted by Crippen LogP contribution is 2.18. The van der Waals surface area contributed by atoms with Crippen LogP contribution < -0.4 is 5.73 Å². The van der Waals surface area contributed by atoms with Crippen LogP contribution in [0.25, 0.3) is 0 Å². The van der Waals surface area contributed by atoms with Gasteiger partial charge in [0.1, 0.15) is 0 Å². The average Bonchev–Trinajstić information content (AvgIpc) is 2.18. The van der Waals surface area contributed by atoms with Gasteiger partial charge in [-0.25, -0.2) is 0 Å². The highest BCUT2D eigenvalue weighted by molar-refractivity contribution is 7.98. The van der Waals surface area contributed by atoms with Crippen LogP contribution in [0.5, 0.6) is 0 Å². The number of hydrogen-bond acceptors (Lipinski definition) is 2. The van der Waals surface area contributed by atoms with E-state index in [0.29, 0.717) is 0 Å². The monoisotopic (exact) mass is 209 g/mol. The van der Waals surface area contributed by atoms with Gasteiger partial charge in [0.25, 0.3) is 0 Å². The Morgan fingerprint density at radius 3 is 2.57 bits per heavy atom. The highest BCUT2D eigenvalue weighted by Gasteiger charge is 2.05. The van der Waals surface area contributed by atoms with Gasteiger partial charge in [-0.15, -0.1) is 0 Å². The molecule has 0 bridgehead atoms. The third kappa shape index (κ3) is 3.03. The zero-order valence-corrected chi connectivity index (χ0v) is 10.0. The fourth-order valence-electron chi connectivity index (χ4n) is 1.41. The first-order chi connectivity index (χ1) is 6.65. The largest absolute Gasteiger partial charge is 0.324 e. The average molecular weight is 209 g/mol. The number of aryl methyl sites for hydroxylation is 2. The minimum Gasteiger partial charge on any atom is -0.324 e. The van der Waals surface area contributed by atoms with Crippen molar-refractivity contribution in [3.8, 4) is 0 Å². The number of thioether (sulfide) groups is 1. The highest BCUT2D eigenvalue weighted by atomic mass is 32.2. The second kappa shape index (κ2) is 5.42. The lowest BCUT2D eigenvalue weighted by Gasteiger charge is -2.12. The van der Waals surface area contributed by atoms with Gasteiger partial charge in [0.15, 0.2) is 0 Å². The lowest BCUT2D eigenvalue weighted by atomic mass is 10.0. The molecule has 14 heavy (non-hydrogen) atoms.